The molecule has 0 fully saturated rings. The molecule has 3 nitrogen and oxygen atoms in total. The number of aromatic nitrogens is 1. The molecule has 106 valence electrons. The van der Waals surface area contributed by atoms with Crippen LogP contribution in [0.15, 0.2) is 41.0 Å². The summed E-state index contributed by atoms with van der Waals surface area (Å²) in [5.41, 5.74) is 2.43. The number of halogens is 1. The van der Waals surface area contributed by atoms with Gasteiger partial charge in [0.25, 0.3) is 0 Å². The Morgan fingerprint density at radius 1 is 1.25 bits per heavy atom. The average Bonchev–Trinajstić information content (AvgIpc) is 2.69. The number of aryl methyl sites for hydroxylation is 1. The lowest BCUT2D eigenvalue weighted by atomic mass is 10.1. The molecular weight excluding hydrogens is 318 g/mol. The minimum absolute atomic E-state index is 0.375. The van der Waals surface area contributed by atoms with Gasteiger partial charge in [-0.2, -0.15) is 0 Å². The molecule has 0 radical (unpaired) electrons. The van der Waals surface area contributed by atoms with Crippen molar-refractivity contribution in [3.63, 3.8) is 0 Å². The van der Waals surface area contributed by atoms with Crippen molar-refractivity contribution in [2.45, 2.75) is 33.3 Å². The van der Waals surface area contributed by atoms with Gasteiger partial charge in [-0.05, 0) is 61.3 Å². The van der Waals surface area contributed by atoms with Gasteiger partial charge in [-0.25, -0.2) is 4.79 Å². The van der Waals surface area contributed by atoms with E-state index in [1.807, 2.05) is 58.0 Å². The highest BCUT2D eigenvalue weighted by Gasteiger charge is 2.20. The lowest BCUT2D eigenvalue weighted by molar-refractivity contribution is 0.0540. The van der Waals surface area contributed by atoms with Crippen molar-refractivity contribution >= 4 is 22.0 Å². The number of hydrogen-bond donors (Lipinski definition) is 0. The average molecular weight is 336 g/mol. The van der Waals surface area contributed by atoms with Crippen LogP contribution in [0.4, 0.5) is 4.79 Å². The number of nitrogens with zero attached hydrogens (tertiary/aromatic N) is 1. The molecule has 0 aliphatic rings. The van der Waals surface area contributed by atoms with Crippen molar-refractivity contribution in [2.75, 3.05) is 0 Å². The molecule has 1 heterocycles. The van der Waals surface area contributed by atoms with Crippen LogP contribution in [0.25, 0.3) is 11.3 Å². The van der Waals surface area contributed by atoms with Gasteiger partial charge in [0.15, 0.2) is 0 Å². The highest BCUT2D eigenvalue weighted by molar-refractivity contribution is 9.10. The predicted octanol–water partition coefficient (Wildman–Crippen LogP) is 5.01. The summed E-state index contributed by atoms with van der Waals surface area (Å²) in [7, 11) is 0. The van der Waals surface area contributed by atoms with Crippen molar-refractivity contribution in [2.24, 2.45) is 0 Å². The molecule has 2 rings (SSSR count). The van der Waals surface area contributed by atoms with E-state index in [0.29, 0.717) is 0 Å². The van der Waals surface area contributed by atoms with E-state index in [1.165, 1.54) is 4.57 Å². The van der Waals surface area contributed by atoms with Gasteiger partial charge in [-0.15, -0.1) is 0 Å². The molecule has 0 spiro atoms. The van der Waals surface area contributed by atoms with Gasteiger partial charge in [0.2, 0.25) is 0 Å². The Balaban J connectivity index is 2.43. The molecule has 1 aromatic carbocycles. The zero-order valence-electron chi connectivity index (χ0n) is 12.1. The first kappa shape index (κ1) is 14.9. The number of rotatable bonds is 1. The van der Waals surface area contributed by atoms with Crippen LogP contribution in [0.2, 0.25) is 0 Å². The van der Waals surface area contributed by atoms with Crippen LogP contribution in [0.1, 0.15) is 26.3 Å². The molecule has 2 aromatic rings. The zero-order valence-corrected chi connectivity index (χ0v) is 13.7. The number of carbonyl (C=O) groups is 1. The normalized spacial score (nSPS) is 11.4. The van der Waals surface area contributed by atoms with Gasteiger partial charge < -0.3 is 4.74 Å². The highest BCUT2D eigenvalue weighted by atomic mass is 79.9. The number of hydrogen-bond acceptors (Lipinski definition) is 2. The van der Waals surface area contributed by atoms with Crippen molar-refractivity contribution in [3.05, 3.63) is 46.6 Å². The first-order valence-corrected chi connectivity index (χ1v) is 7.24. The second kappa shape index (κ2) is 5.44. The third-order valence-corrected chi connectivity index (χ3v) is 3.12. The molecule has 0 aliphatic heterocycles. The van der Waals surface area contributed by atoms with Crippen LogP contribution in [0, 0.1) is 6.92 Å². The van der Waals surface area contributed by atoms with Crippen LogP contribution >= 0.6 is 15.9 Å². The third-order valence-electron chi connectivity index (χ3n) is 2.69. The minimum Gasteiger partial charge on any atom is -0.443 e. The van der Waals surface area contributed by atoms with Gasteiger partial charge >= 0.3 is 6.09 Å². The number of carbonyl (C=O) groups excluding carboxylic acids is 1. The highest BCUT2D eigenvalue weighted by Crippen LogP contribution is 2.27. The molecule has 0 amide bonds. The van der Waals surface area contributed by atoms with Gasteiger partial charge in [0.1, 0.15) is 5.60 Å². The van der Waals surface area contributed by atoms with Gasteiger partial charge in [0.05, 0.1) is 5.69 Å². The number of ether oxygens (including phenoxy) is 1. The SMILES string of the molecule is Cc1cccc(-c2cc(Br)cn2C(=O)OC(C)(C)C)c1. The number of benzene rings is 1. The molecule has 20 heavy (non-hydrogen) atoms. The van der Waals surface area contributed by atoms with E-state index < -0.39 is 5.60 Å². The molecule has 1 aromatic heterocycles. The van der Waals surface area contributed by atoms with E-state index >= 15 is 0 Å². The maximum absolute atomic E-state index is 12.3. The van der Waals surface area contributed by atoms with Crippen LogP contribution in [-0.4, -0.2) is 16.3 Å². The lowest BCUT2D eigenvalue weighted by Crippen LogP contribution is -2.27. The summed E-state index contributed by atoms with van der Waals surface area (Å²) in [6, 6.07) is 9.95. The van der Waals surface area contributed by atoms with E-state index in [0.717, 1.165) is 21.3 Å². The molecule has 0 N–H and O–H groups in total. The molecule has 0 saturated heterocycles. The maximum Gasteiger partial charge on any atom is 0.419 e. The monoisotopic (exact) mass is 335 g/mol. The Kier molecular flexibility index (Phi) is 4.04. The summed E-state index contributed by atoms with van der Waals surface area (Å²) in [6.07, 6.45) is 1.35. The lowest BCUT2D eigenvalue weighted by Gasteiger charge is -2.20. The van der Waals surface area contributed by atoms with Crippen molar-refractivity contribution < 1.29 is 9.53 Å². The molecule has 4 heteroatoms. The summed E-state index contributed by atoms with van der Waals surface area (Å²) in [5, 5.41) is 0. The fourth-order valence-electron chi connectivity index (χ4n) is 1.92. The Labute approximate surface area is 127 Å². The molecule has 0 saturated carbocycles. The van der Waals surface area contributed by atoms with Gasteiger partial charge in [0, 0.05) is 10.7 Å². The molecule has 0 atom stereocenters. The fraction of sp³-hybridized carbons (Fsp3) is 0.312. The minimum atomic E-state index is -0.516. The molecule has 0 unspecified atom stereocenters. The van der Waals surface area contributed by atoms with E-state index in [-0.39, 0.29) is 6.09 Å². The summed E-state index contributed by atoms with van der Waals surface area (Å²) in [6.45, 7) is 7.60. The van der Waals surface area contributed by atoms with Crippen LogP contribution in [0.3, 0.4) is 0 Å². The van der Waals surface area contributed by atoms with Crippen molar-refractivity contribution in [1.29, 1.82) is 0 Å². The third kappa shape index (κ3) is 3.51. The largest absolute Gasteiger partial charge is 0.443 e. The first-order valence-electron chi connectivity index (χ1n) is 6.44. The maximum atomic E-state index is 12.3. The topological polar surface area (TPSA) is 31.2 Å². The standard InChI is InChI=1S/C16H18BrNO2/c1-11-6-5-7-12(8-11)14-9-13(17)10-18(14)15(19)20-16(2,3)4/h5-10H,1-4H3. The van der Waals surface area contributed by atoms with Crippen LogP contribution in [0.5, 0.6) is 0 Å². The van der Waals surface area contributed by atoms with E-state index in [1.54, 1.807) is 6.20 Å². The van der Waals surface area contributed by atoms with E-state index in [2.05, 4.69) is 15.9 Å². The predicted molar refractivity (Wildman–Crippen MR) is 83.9 cm³/mol. The second-order valence-corrected chi connectivity index (χ2v) is 6.68. The van der Waals surface area contributed by atoms with E-state index in [4.69, 9.17) is 4.74 Å². The second-order valence-electron chi connectivity index (χ2n) is 5.76. The van der Waals surface area contributed by atoms with Crippen molar-refractivity contribution in [1.82, 2.24) is 4.57 Å². The van der Waals surface area contributed by atoms with E-state index in [9.17, 15) is 4.79 Å². The van der Waals surface area contributed by atoms with Gasteiger partial charge in [-0.3, -0.25) is 4.57 Å². The first-order chi connectivity index (χ1) is 9.26. The molecule has 0 bridgehead atoms. The summed E-state index contributed by atoms with van der Waals surface area (Å²) >= 11 is 3.42. The van der Waals surface area contributed by atoms with Crippen LogP contribution < -0.4 is 0 Å². The Morgan fingerprint density at radius 2 is 1.95 bits per heavy atom. The van der Waals surface area contributed by atoms with Crippen LogP contribution in [-0.2, 0) is 4.74 Å². The quantitative estimate of drug-likeness (QED) is 0.733. The molecular formula is C16H18BrNO2. The summed E-state index contributed by atoms with van der Waals surface area (Å²) < 4.78 is 7.81. The Bertz CT molecular complexity index is 638. The summed E-state index contributed by atoms with van der Waals surface area (Å²) in [5.74, 6) is 0. The van der Waals surface area contributed by atoms with Crippen molar-refractivity contribution in [3.8, 4) is 11.3 Å². The Morgan fingerprint density at radius 3 is 2.55 bits per heavy atom. The summed E-state index contributed by atoms with van der Waals surface area (Å²) in [4.78, 5) is 12.3. The zero-order chi connectivity index (χ0) is 14.9. The fourth-order valence-corrected chi connectivity index (χ4v) is 2.34. The van der Waals surface area contributed by atoms with Gasteiger partial charge in [-0.1, -0.05) is 23.8 Å². The Hall–Kier alpha value is -1.55. The molecule has 0 aliphatic carbocycles. The smallest absolute Gasteiger partial charge is 0.419 e.